The Morgan fingerprint density at radius 2 is 1.89 bits per heavy atom. The van der Waals surface area contributed by atoms with E-state index in [0.29, 0.717) is 12.1 Å². The number of carbonyl (C=O) groups excluding carboxylic acids is 1. The van der Waals surface area contributed by atoms with Gasteiger partial charge in [-0.2, -0.15) is 9.50 Å². The highest BCUT2D eigenvalue weighted by atomic mass is 35.5. The van der Waals surface area contributed by atoms with E-state index in [1.54, 1.807) is 12.1 Å². The van der Waals surface area contributed by atoms with E-state index >= 15 is 0 Å². The Kier molecular flexibility index (Phi) is 7.76. The van der Waals surface area contributed by atoms with Crippen molar-refractivity contribution in [2.75, 3.05) is 23.9 Å². The molecule has 0 saturated heterocycles. The number of anilines is 3. The molecule has 0 atom stereocenters. The first-order valence-electron chi connectivity index (χ1n) is 9.85. The molecule has 0 saturated carbocycles. The third-order valence-corrected chi connectivity index (χ3v) is 4.86. The average Bonchev–Trinajstić information content (AvgIpc) is 3.25. The van der Waals surface area contributed by atoms with Crippen LogP contribution in [-0.4, -0.2) is 43.7 Å². The first-order valence-corrected chi connectivity index (χ1v) is 10.2. The lowest BCUT2D eigenvalue weighted by atomic mass is 10.1. The number of nitrogen functional groups attached to an aromatic ring is 2. The van der Waals surface area contributed by atoms with E-state index in [4.69, 9.17) is 28.4 Å². The van der Waals surface area contributed by atoms with E-state index in [2.05, 4.69) is 30.0 Å². The fourth-order valence-corrected chi connectivity index (χ4v) is 3.12. The Hall–Kier alpha value is -4.63. The number of fused-ring (bicyclic) bond motifs is 1. The molecule has 0 aliphatic rings. The Bertz CT molecular complexity index is 1530. The predicted octanol–water partition coefficient (Wildman–Crippen LogP) is 0.0507. The van der Waals surface area contributed by atoms with Crippen LogP contribution in [-0.2, 0) is 17.8 Å². The number of carbonyl (C=O) groups is 2. The van der Waals surface area contributed by atoms with E-state index in [1.807, 2.05) is 0 Å². The van der Waals surface area contributed by atoms with Gasteiger partial charge in [-0.25, -0.2) is 23.8 Å². The summed E-state index contributed by atoms with van der Waals surface area (Å²) >= 11 is 5.38. The first-order chi connectivity index (χ1) is 17.1. The van der Waals surface area contributed by atoms with Gasteiger partial charge in [-0.1, -0.05) is 6.07 Å². The third-order valence-electron chi connectivity index (χ3n) is 4.73. The van der Waals surface area contributed by atoms with Gasteiger partial charge in [0.15, 0.2) is 11.4 Å². The second kappa shape index (κ2) is 10.7. The van der Waals surface area contributed by atoms with Crippen molar-refractivity contribution >= 4 is 46.8 Å². The third kappa shape index (κ3) is 5.37. The number of carboxylic acids is 1. The summed E-state index contributed by atoms with van der Waals surface area (Å²) in [4.78, 5) is 54.1. The maximum atomic E-state index is 13.6. The molecular weight excluding hydrogens is 503 g/mol. The summed E-state index contributed by atoms with van der Waals surface area (Å²) in [7, 11) is 1.16. The van der Waals surface area contributed by atoms with Gasteiger partial charge in [-0.05, 0) is 29.5 Å². The van der Waals surface area contributed by atoms with Gasteiger partial charge >= 0.3 is 11.9 Å². The number of benzene rings is 1. The predicted molar refractivity (Wildman–Crippen MR) is 126 cm³/mol. The van der Waals surface area contributed by atoms with Crippen molar-refractivity contribution in [2.24, 2.45) is 0 Å². The summed E-state index contributed by atoms with van der Waals surface area (Å²) in [6, 6.07) is 5.56. The molecule has 0 aliphatic heterocycles. The number of nitrogens with one attached hydrogen (secondary N) is 2. The van der Waals surface area contributed by atoms with Crippen molar-refractivity contribution < 1.29 is 23.8 Å². The first kappa shape index (κ1) is 26.0. The van der Waals surface area contributed by atoms with E-state index in [9.17, 15) is 23.6 Å². The normalized spacial score (nSPS) is 10.6. The number of halogens is 2. The van der Waals surface area contributed by atoms with Gasteiger partial charge in [0.05, 0.1) is 7.11 Å². The van der Waals surface area contributed by atoms with Crippen LogP contribution in [0.1, 0.15) is 32.1 Å². The largest absolute Gasteiger partial charge is 0.477 e. The van der Waals surface area contributed by atoms with E-state index in [1.165, 1.54) is 6.07 Å². The van der Waals surface area contributed by atoms with Crippen LogP contribution in [0.4, 0.5) is 21.7 Å². The highest BCUT2D eigenvalue weighted by Gasteiger charge is 2.19. The van der Waals surface area contributed by atoms with Gasteiger partial charge in [0.25, 0.3) is 16.6 Å². The summed E-state index contributed by atoms with van der Waals surface area (Å²) < 4.78 is 19.1. The standard InChI is InChI=1S/C12H11ClFN3O2.C8H7N5O4/c13-17-4-6-1-2-8(14)7(3-6)5-16-10-9(15)11(18)12(10)19;1-17-6(16)4-2-3(5(14)15)10-8-11-7(9)12-13(4)8/h1-3,16-17H,4-5,15H2;2H,1H3,(H2,9,12)(H,14,15). The molecule has 36 heavy (non-hydrogen) atoms. The van der Waals surface area contributed by atoms with Crippen LogP contribution < -0.4 is 32.5 Å². The van der Waals surface area contributed by atoms with Crippen molar-refractivity contribution in [3.8, 4) is 0 Å². The number of hydrogen-bond acceptors (Lipinski definition) is 12. The minimum Gasteiger partial charge on any atom is -0.477 e. The Labute approximate surface area is 205 Å². The van der Waals surface area contributed by atoms with Gasteiger partial charge < -0.3 is 26.6 Å². The molecule has 2 aromatic carbocycles. The molecule has 0 amide bonds. The highest BCUT2D eigenvalue weighted by molar-refractivity contribution is 6.13. The number of rotatable bonds is 7. The molecule has 4 aromatic rings. The maximum Gasteiger partial charge on any atom is 0.356 e. The minimum absolute atomic E-state index is 0.0465. The zero-order valence-electron chi connectivity index (χ0n) is 18.4. The summed E-state index contributed by atoms with van der Waals surface area (Å²) in [5, 5.41) is 15.2. The van der Waals surface area contributed by atoms with Gasteiger partial charge in [-0.15, -0.1) is 5.10 Å². The average molecular weight is 521 g/mol. The topological polar surface area (TPSA) is 217 Å². The van der Waals surface area contributed by atoms with Crippen LogP contribution in [0.3, 0.4) is 0 Å². The number of aromatic nitrogens is 4. The molecule has 0 unspecified atom stereocenters. The lowest BCUT2D eigenvalue weighted by Gasteiger charge is -2.11. The van der Waals surface area contributed by atoms with E-state index in [0.717, 1.165) is 23.3 Å². The number of nitrogens with zero attached hydrogens (tertiary/aromatic N) is 4. The summed E-state index contributed by atoms with van der Waals surface area (Å²) in [6.07, 6.45) is 0. The number of ether oxygens (including phenoxy) is 1. The van der Waals surface area contributed by atoms with Gasteiger partial charge in [0, 0.05) is 24.7 Å². The summed E-state index contributed by atoms with van der Waals surface area (Å²) in [6.45, 7) is 0.452. The number of hydrogen-bond donors (Lipinski definition) is 5. The number of carboxylic acid groups (broad SMARTS) is 1. The second-order valence-corrected chi connectivity index (χ2v) is 7.31. The molecule has 0 spiro atoms. The fraction of sp³-hybridized carbons (Fsp3) is 0.150. The quantitative estimate of drug-likeness (QED) is 0.124. The Morgan fingerprint density at radius 1 is 1.17 bits per heavy atom. The molecule has 0 aliphatic carbocycles. The SMILES string of the molecule is COC(=O)c1cc(C(=O)O)nc2nc(N)nn12.Nc1c(NCc2cc(CNCl)ccc2F)c(=O)c1=O. The molecule has 4 rings (SSSR count). The lowest BCUT2D eigenvalue weighted by Crippen LogP contribution is -2.37. The van der Waals surface area contributed by atoms with Crippen LogP contribution >= 0.6 is 11.8 Å². The molecule has 14 nitrogen and oxygen atoms in total. The molecule has 7 N–H and O–H groups in total. The van der Waals surface area contributed by atoms with E-state index in [-0.39, 0.29) is 41.0 Å². The van der Waals surface area contributed by atoms with Crippen molar-refractivity contribution in [3.63, 3.8) is 0 Å². The smallest absolute Gasteiger partial charge is 0.356 e. The minimum atomic E-state index is -1.29. The number of esters is 1. The molecular formula is C20H18ClFN8O6. The zero-order valence-corrected chi connectivity index (χ0v) is 19.2. The monoisotopic (exact) mass is 520 g/mol. The molecule has 2 heterocycles. The van der Waals surface area contributed by atoms with Gasteiger partial charge in [0.1, 0.15) is 17.2 Å². The second-order valence-electron chi connectivity index (χ2n) is 7.04. The lowest BCUT2D eigenvalue weighted by molar-refractivity contribution is 0.0590. The molecule has 0 fully saturated rings. The van der Waals surface area contributed by atoms with Gasteiger partial charge in [0.2, 0.25) is 5.95 Å². The molecule has 0 bridgehead atoms. The molecule has 2 aromatic heterocycles. The van der Waals surface area contributed by atoms with Crippen LogP contribution in [0.15, 0.2) is 33.9 Å². The Balaban J connectivity index is 0.000000202. The van der Waals surface area contributed by atoms with Crippen molar-refractivity contribution in [1.82, 2.24) is 24.4 Å². The number of methoxy groups -OCH3 is 1. The van der Waals surface area contributed by atoms with Gasteiger partial charge in [-0.3, -0.25) is 9.59 Å². The molecule has 188 valence electrons. The molecule has 0 radical (unpaired) electrons. The van der Waals surface area contributed by atoms with Crippen LogP contribution in [0, 0.1) is 5.82 Å². The Morgan fingerprint density at radius 3 is 2.50 bits per heavy atom. The zero-order chi connectivity index (χ0) is 26.6. The fourth-order valence-electron chi connectivity index (χ4n) is 2.96. The number of nitrogens with two attached hydrogens (primary N) is 2. The summed E-state index contributed by atoms with van der Waals surface area (Å²) in [5.74, 6) is -2.67. The number of aromatic carboxylic acids is 1. The molecule has 16 heteroatoms. The van der Waals surface area contributed by atoms with Crippen LogP contribution in [0.25, 0.3) is 5.78 Å². The summed E-state index contributed by atoms with van der Waals surface area (Å²) in [5.41, 5.74) is 9.97. The van der Waals surface area contributed by atoms with Crippen molar-refractivity contribution in [1.29, 1.82) is 0 Å². The van der Waals surface area contributed by atoms with Crippen LogP contribution in [0.2, 0.25) is 0 Å². The highest BCUT2D eigenvalue weighted by Crippen LogP contribution is 2.15. The van der Waals surface area contributed by atoms with Crippen LogP contribution in [0.5, 0.6) is 0 Å². The maximum absolute atomic E-state index is 13.6. The van der Waals surface area contributed by atoms with E-state index < -0.39 is 28.6 Å². The van der Waals surface area contributed by atoms with Crippen molar-refractivity contribution in [2.45, 2.75) is 13.1 Å². The van der Waals surface area contributed by atoms with Crippen molar-refractivity contribution in [3.05, 3.63) is 73.0 Å².